The van der Waals surface area contributed by atoms with Crippen molar-refractivity contribution >= 4 is 10.0 Å². The van der Waals surface area contributed by atoms with Crippen molar-refractivity contribution in [3.05, 3.63) is 36.1 Å². The number of imidazole rings is 1. The van der Waals surface area contributed by atoms with Crippen LogP contribution in [0.25, 0.3) is 0 Å². The van der Waals surface area contributed by atoms with E-state index in [1.807, 2.05) is 0 Å². The van der Waals surface area contributed by atoms with Gasteiger partial charge in [0.15, 0.2) is 0 Å². The van der Waals surface area contributed by atoms with Crippen LogP contribution in [-0.4, -0.2) is 43.3 Å². The van der Waals surface area contributed by atoms with Crippen LogP contribution in [0.3, 0.4) is 0 Å². The maximum absolute atomic E-state index is 11.8. The highest BCUT2D eigenvalue weighted by Crippen LogP contribution is 2.16. The highest BCUT2D eigenvalue weighted by molar-refractivity contribution is 7.88. The molecule has 8 heteroatoms. The number of hydrogen-bond donors (Lipinski definition) is 2. The van der Waals surface area contributed by atoms with Gasteiger partial charge in [-0.3, -0.25) is 0 Å². The number of rotatable bonds is 7. The fourth-order valence-electron chi connectivity index (χ4n) is 1.63. The van der Waals surface area contributed by atoms with E-state index in [4.69, 9.17) is 4.42 Å². The Labute approximate surface area is 118 Å². The maximum Gasteiger partial charge on any atom is 0.275 e. The Kier molecular flexibility index (Phi) is 4.58. The van der Waals surface area contributed by atoms with Crippen molar-refractivity contribution in [1.29, 1.82) is 0 Å². The maximum atomic E-state index is 11.8. The zero-order valence-corrected chi connectivity index (χ0v) is 12.3. The molecule has 0 aliphatic rings. The fraction of sp³-hybridized carbons (Fsp3) is 0.417. The minimum Gasteiger partial charge on any atom is -0.447 e. The quantitative estimate of drug-likeness (QED) is 0.730. The van der Waals surface area contributed by atoms with Gasteiger partial charge in [-0.05, 0) is 12.1 Å². The monoisotopic (exact) mass is 298 g/mol. The molecule has 0 bridgehead atoms. The van der Waals surface area contributed by atoms with E-state index in [0.717, 1.165) is 23.0 Å². The Balaban J connectivity index is 1.84. The lowest BCUT2D eigenvalue weighted by Gasteiger charge is -2.07. The third-order valence-corrected chi connectivity index (χ3v) is 4.49. The van der Waals surface area contributed by atoms with E-state index < -0.39 is 10.0 Å². The van der Waals surface area contributed by atoms with Crippen molar-refractivity contribution in [3.63, 3.8) is 0 Å². The van der Waals surface area contributed by atoms with Crippen LogP contribution in [-0.2, 0) is 23.0 Å². The second-order valence-corrected chi connectivity index (χ2v) is 6.59. The lowest BCUT2D eigenvalue weighted by molar-refractivity contribution is 0.389. The highest BCUT2D eigenvalue weighted by atomic mass is 32.2. The third-order valence-electron chi connectivity index (χ3n) is 2.80. The van der Waals surface area contributed by atoms with Crippen LogP contribution in [0.4, 0.5) is 0 Å². The lowest BCUT2D eigenvalue weighted by atomic mass is 10.3. The van der Waals surface area contributed by atoms with Gasteiger partial charge in [-0.1, -0.05) is 0 Å². The van der Waals surface area contributed by atoms with Crippen LogP contribution in [0, 0.1) is 0 Å². The average Bonchev–Trinajstić information content (AvgIpc) is 3.06. The van der Waals surface area contributed by atoms with Gasteiger partial charge in [0.2, 0.25) is 5.09 Å². The molecule has 20 heavy (non-hydrogen) atoms. The van der Waals surface area contributed by atoms with E-state index in [9.17, 15) is 8.42 Å². The van der Waals surface area contributed by atoms with Crippen molar-refractivity contribution in [3.8, 4) is 0 Å². The molecule has 0 amide bonds. The van der Waals surface area contributed by atoms with Gasteiger partial charge in [-0.2, -0.15) is 0 Å². The summed E-state index contributed by atoms with van der Waals surface area (Å²) in [7, 11) is -0.552. The Morgan fingerprint density at radius 1 is 1.40 bits per heavy atom. The smallest absolute Gasteiger partial charge is 0.275 e. The third kappa shape index (κ3) is 3.47. The number of H-pyrrole nitrogens is 1. The summed E-state index contributed by atoms with van der Waals surface area (Å²) in [5.74, 6) is 0.593. The van der Waals surface area contributed by atoms with Crippen LogP contribution >= 0.6 is 0 Å². The van der Waals surface area contributed by atoms with E-state index >= 15 is 0 Å². The molecule has 0 aliphatic carbocycles. The molecule has 0 aliphatic heterocycles. The largest absolute Gasteiger partial charge is 0.447 e. The van der Waals surface area contributed by atoms with Gasteiger partial charge in [0.05, 0.1) is 12.9 Å². The first kappa shape index (κ1) is 14.8. The Hall–Kier alpha value is -1.64. The van der Waals surface area contributed by atoms with Gasteiger partial charge >= 0.3 is 0 Å². The molecule has 7 nitrogen and oxygen atoms in total. The van der Waals surface area contributed by atoms with Crippen LogP contribution in [0.5, 0.6) is 0 Å². The molecule has 0 saturated heterocycles. The average molecular weight is 298 g/mol. The molecular weight excluding hydrogens is 280 g/mol. The summed E-state index contributed by atoms with van der Waals surface area (Å²) < 4.78 is 30.1. The molecule has 0 unspecified atom stereocenters. The number of nitrogens with one attached hydrogen (secondary N) is 2. The van der Waals surface area contributed by atoms with Crippen molar-refractivity contribution in [2.24, 2.45) is 0 Å². The van der Waals surface area contributed by atoms with Gasteiger partial charge in [0.25, 0.3) is 10.0 Å². The van der Waals surface area contributed by atoms with Crippen LogP contribution < -0.4 is 5.32 Å². The molecule has 2 heterocycles. The summed E-state index contributed by atoms with van der Waals surface area (Å²) in [5, 5.41) is 3.15. The minimum atomic E-state index is -3.50. The highest BCUT2D eigenvalue weighted by Gasteiger charge is 2.21. The molecular formula is C12H18N4O3S. The zero-order valence-electron chi connectivity index (χ0n) is 11.5. The van der Waals surface area contributed by atoms with Gasteiger partial charge in [0, 0.05) is 39.0 Å². The summed E-state index contributed by atoms with van der Waals surface area (Å²) in [4.78, 5) is 6.95. The predicted octanol–water partition coefficient (Wildman–Crippen LogP) is 0.585. The van der Waals surface area contributed by atoms with Crippen molar-refractivity contribution in [2.45, 2.75) is 18.1 Å². The summed E-state index contributed by atoms with van der Waals surface area (Å²) in [6.07, 6.45) is 4.24. The first-order chi connectivity index (χ1) is 9.50. The molecule has 0 radical (unpaired) electrons. The SMILES string of the molecule is CN(C)S(=O)(=O)c1ccc(CNCCc2cnc[nH]2)o1. The second-order valence-electron chi connectivity index (χ2n) is 4.51. The van der Waals surface area contributed by atoms with Crippen molar-refractivity contribution in [1.82, 2.24) is 19.6 Å². The Morgan fingerprint density at radius 3 is 2.85 bits per heavy atom. The van der Waals surface area contributed by atoms with Crippen LogP contribution in [0.1, 0.15) is 11.5 Å². The number of aromatic amines is 1. The van der Waals surface area contributed by atoms with Gasteiger partial charge in [-0.25, -0.2) is 17.7 Å². The van der Waals surface area contributed by atoms with Crippen LogP contribution in [0.15, 0.2) is 34.2 Å². The molecule has 0 saturated carbocycles. The summed E-state index contributed by atoms with van der Waals surface area (Å²) >= 11 is 0. The molecule has 2 aromatic rings. The van der Waals surface area contributed by atoms with Crippen LogP contribution in [0.2, 0.25) is 0 Å². The summed E-state index contributed by atoms with van der Waals surface area (Å²) in [5.41, 5.74) is 1.05. The Bertz CT molecular complexity index is 631. The molecule has 0 fully saturated rings. The summed E-state index contributed by atoms with van der Waals surface area (Å²) in [6.45, 7) is 1.23. The molecule has 2 aromatic heterocycles. The van der Waals surface area contributed by atoms with E-state index in [0.29, 0.717) is 12.3 Å². The standard InChI is InChI=1S/C12H18N4O3S/c1-16(2)20(17,18)12-4-3-11(19-12)8-13-6-5-10-7-14-9-15-10/h3-4,7,9,13H,5-6,8H2,1-2H3,(H,14,15). The zero-order chi connectivity index (χ0) is 14.6. The van der Waals surface area contributed by atoms with Gasteiger partial charge in [0.1, 0.15) is 5.76 Å². The van der Waals surface area contributed by atoms with Crippen molar-refractivity contribution < 1.29 is 12.8 Å². The molecule has 2 N–H and O–H groups in total. The predicted molar refractivity (Wildman–Crippen MR) is 73.6 cm³/mol. The molecule has 2 rings (SSSR count). The summed E-state index contributed by atoms with van der Waals surface area (Å²) in [6, 6.07) is 3.14. The van der Waals surface area contributed by atoms with E-state index in [-0.39, 0.29) is 5.09 Å². The number of hydrogen-bond acceptors (Lipinski definition) is 5. The van der Waals surface area contributed by atoms with Crippen molar-refractivity contribution in [2.75, 3.05) is 20.6 Å². The number of nitrogens with zero attached hydrogens (tertiary/aromatic N) is 2. The molecule has 0 spiro atoms. The van der Waals surface area contributed by atoms with E-state index in [1.165, 1.54) is 20.2 Å². The van der Waals surface area contributed by atoms with Gasteiger partial charge < -0.3 is 14.7 Å². The molecule has 0 atom stereocenters. The lowest BCUT2D eigenvalue weighted by Crippen LogP contribution is -2.21. The number of sulfonamides is 1. The van der Waals surface area contributed by atoms with E-state index in [1.54, 1.807) is 18.6 Å². The number of furan rings is 1. The molecule has 110 valence electrons. The first-order valence-electron chi connectivity index (χ1n) is 6.19. The number of aromatic nitrogens is 2. The normalized spacial score (nSPS) is 12.2. The molecule has 0 aromatic carbocycles. The first-order valence-corrected chi connectivity index (χ1v) is 7.63. The fourth-order valence-corrected chi connectivity index (χ4v) is 2.44. The van der Waals surface area contributed by atoms with Gasteiger partial charge in [-0.15, -0.1) is 0 Å². The van der Waals surface area contributed by atoms with E-state index in [2.05, 4.69) is 15.3 Å². The topological polar surface area (TPSA) is 91.2 Å². The minimum absolute atomic E-state index is 0.0344. The Morgan fingerprint density at radius 2 is 2.20 bits per heavy atom. The second kappa shape index (κ2) is 6.21.